The lowest BCUT2D eigenvalue weighted by molar-refractivity contribution is -0.123. The fourth-order valence-electron chi connectivity index (χ4n) is 1.91. The molecule has 0 saturated heterocycles. The molecule has 2 aromatic rings. The lowest BCUT2D eigenvalue weighted by atomic mass is 10.3. The fraction of sp³-hybridized carbons (Fsp3) is 0.222. The molecule has 2 N–H and O–H groups in total. The van der Waals surface area contributed by atoms with E-state index in [9.17, 15) is 9.59 Å². The van der Waals surface area contributed by atoms with E-state index >= 15 is 0 Å². The van der Waals surface area contributed by atoms with E-state index < -0.39 is 5.91 Å². The van der Waals surface area contributed by atoms with Crippen molar-refractivity contribution in [2.24, 2.45) is 5.10 Å². The third-order valence-electron chi connectivity index (χ3n) is 3.15. The third-order valence-corrected chi connectivity index (χ3v) is 3.15. The van der Waals surface area contributed by atoms with Gasteiger partial charge in [-0.2, -0.15) is 5.10 Å². The second-order valence-electron chi connectivity index (χ2n) is 5.29. The molecule has 1 heterocycles. The van der Waals surface area contributed by atoms with Gasteiger partial charge in [-0.1, -0.05) is 6.07 Å². The molecule has 1 aromatic carbocycles. The summed E-state index contributed by atoms with van der Waals surface area (Å²) in [5, 5.41) is 6.52. The lowest BCUT2D eigenvalue weighted by Crippen LogP contribution is -2.26. The number of nitrogens with one attached hydrogen (secondary N) is 2. The average molecular weight is 356 g/mol. The number of hydrazone groups is 1. The Labute approximate surface area is 151 Å². The summed E-state index contributed by atoms with van der Waals surface area (Å²) in [5.41, 5.74) is 2.80. The number of carbonyl (C=O) groups is 2. The largest absolute Gasteiger partial charge is 0.497 e. The highest BCUT2D eigenvalue weighted by Crippen LogP contribution is 2.16. The SMILES string of the molecule is COc1ccc(OCC(=O)N/N=C(\C)CC(=O)Nc2ccccn2)cc1. The maximum atomic E-state index is 11.9. The quantitative estimate of drug-likeness (QED) is 0.556. The highest BCUT2D eigenvalue weighted by atomic mass is 16.5. The van der Waals surface area contributed by atoms with Crippen molar-refractivity contribution in [1.29, 1.82) is 0 Å². The van der Waals surface area contributed by atoms with Crippen LogP contribution in [0.15, 0.2) is 53.8 Å². The van der Waals surface area contributed by atoms with E-state index in [-0.39, 0.29) is 18.9 Å². The summed E-state index contributed by atoms with van der Waals surface area (Å²) < 4.78 is 10.4. The highest BCUT2D eigenvalue weighted by Gasteiger charge is 2.06. The Morgan fingerprint density at radius 1 is 1.08 bits per heavy atom. The summed E-state index contributed by atoms with van der Waals surface area (Å²) in [4.78, 5) is 27.6. The molecule has 0 spiro atoms. The number of pyridine rings is 1. The Morgan fingerprint density at radius 3 is 2.46 bits per heavy atom. The molecule has 0 atom stereocenters. The zero-order valence-corrected chi connectivity index (χ0v) is 14.6. The predicted octanol–water partition coefficient (Wildman–Crippen LogP) is 1.99. The van der Waals surface area contributed by atoms with E-state index in [1.54, 1.807) is 62.7 Å². The van der Waals surface area contributed by atoms with E-state index in [0.29, 0.717) is 23.0 Å². The fourth-order valence-corrected chi connectivity index (χ4v) is 1.91. The minimum Gasteiger partial charge on any atom is -0.497 e. The van der Waals surface area contributed by atoms with Crippen molar-refractivity contribution in [3.05, 3.63) is 48.7 Å². The van der Waals surface area contributed by atoms with Crippen LogP contribution in [0.3, 0.4) is 0 Å². The Morgan fingerprint density at radius 2 is 1.81 bits per heavy atom. The maximum Gasteiger partial charge on any atom is 0.277 e. The monoisotopic (exact) mass is 356 g/mol. The zero-order valence-electron chi connectivity index (χ0n) is 14.6. The van der Waals surface area contributed by atoms with Crippen LogP contribution in [-0.4, -0.2) is 36.2 Å². The molecule has 2 rings (SSSR count). The van der Waals surface area contributed by atoms with Crippen LogP contribution in [0.5, 0.6) is 11.5 Å². The molecule has 8 nitrogen and oxygen atoms in total. The number of carbonyl (C=O) groups excluding carboxylic acids is 2. The van der Waals surface area contributed by atoms with Crippen molar-refractivity contribution < 1.29 is 19.1 Å². The van der Waals surface area contributed by atoms with E-state index in [0.717, 1.165) is 0 Å². The van der Waals surface area contributed by atoms with Crippen LogP contribution in [0.2, 0.25) is 0 Å². The molecule has 0 bridgehead atoms. The lowest BCUT2D eigenvalue weighted by Gasteiger charge is -2.07. The van der Waals surface area contributed by atoms with Crippen molar-refractivity contribution in [2.75, 3.05) is 19.0 Å². The molecule has 0 unspecified atom stereocenters. The molecule has 136 valence electrons. The summed E-state index contributed by atoms with van der Waals surface area (Å²) in [6.07, 6.45) is 1.62. The number of hydrogen-bond acceptors (Lipinski definition) is 6. The minimum absolute atomic E-state index is 0.0379. The van der Waals surface area contributed by atoms with Crippen molar-refractivity contribution in [3.8, 4) is 11.5 Å². The van der Waals surface area contributed by atoms with Gasteiger partial charge in [-0.15, -0.1) is 0 Å². The molecule has 2 amide bonds. The molecule has 0 aliphatic heterocycles. The standard InChI is InChI=1S/C18H20N4O4/c1-13(11-17(23)20-16-5-3-4-10-19-16)21-22-18(24)12-26-15-8-6-14(25-2)7-9-15/h3-10H,11-12H2,1-2H3,(H,22,24)(H,19,20,23)/b21-13+. The summed E-state index contributed by atoms with van der Waals surface area (Å²) in [5.74, 6) is 1.00. The number of methoxy groups -OCH3 is 1. The van der Waals surface area contributed by atoms with Gasteiger partial charge >= 0.3 is 0 Å². The van der Waals surface area contributed by atoms with Gasteiger partial charge in [0.2, 0.25) is 5.91 Å². The number of ether oxygens (including phenoxy) is 2. The van der Waals surface area contributed by atoms with Crippen LogP contribution in [0.25, 0.3) is 0 Å². The van der Waals surface area contributed by atoms with Gasteiger partial charge in [-0.05, 0) is 43.3 Å². The Kier molecular flexibility index (Phi) is 7.11. The first kappa shape index (κ1) is 18.9. The summed E-state index contributed by atoms with van der Waals surface area (Å²) >= 11 is 0. The number of amides is 2. The summed E-state index contributed by atoms with van der Waals surface area (Å²) in [6.45, 7) is 1.45. The van der Waals surface area contributed by atoms with Crippen LogP contribution in [0.4, 0.5) is 5.82 Å². The van der Waals surface area contributed by atoms with Gasteiger partial charge in [-0.25, -0.2) is 10.4 Å². The number of rotatable bonds is 8. The first-order valence-corrected chi connectivity index (χ1v) is 7.86. The van der Waals surface area contributed by atoms with Crippen molar-refractivity contribution in [2.45, 2.75) is 13.3 Å². The van der Waals surface area contributed by atoms with E-state index in [2.05, 4.69) is 20.8 Å². The maximum absolute atomic E-state index is 11.9. The minimum atomic E-state index is -0.426. The molecular formula is C18H20N4O4. The van der Waals surface area contributed by atoms with Crippen LogP contribution in [0.1, 0.15) is 13.3 Å². The predicted molar refractivity (Wildman–Crippen MR) is 97.2 cm³/mol. The molecule has 0 saturated carbocycles. The molecule has 0 aliphatic rings. The van der Waals surface area contributed by atoms with E-state index in [4.69, 9.17) is 9.47 Å². The Balaban J connectivity index is 1.72. The molecule has 0 fully saturated rings. The van der Waals surface area contributed by atoms with Crippen LogP contribution < -0.4 is 20.2 Å². The van der Waals surface area contributed by atoms with Crippen molar-refractivity contribution in [1.82, 2.24) is 10.4 Å². The van der Waals surface area contributed by atoms with E-state index in [1.165, 1.54) is 0 Å². The second-order valence-corrected chi connectivity index (χ2v) is 5.29. The first-order chi connectivity index (χ1) is 12.6. The van der Waals surface area contributed by atoms with Crippen molar-refractivity contribution >= 4 is 23.3 Å². The Bertz CT molecular complexity index is 761. The topological polar surface area (TPSA) is 102 Å². The van der Waals surface area contributed by atoms with Crippen LogP contribution >= 0.6 is 0 Å². The van der Waals surface area contributed by atoms with Crippen molar-refractivity contribution in [3.63, 3.8) is 0 Å². The number of nitrogens with zero attached hydrogens (tertiary/aromatic N) is 2. The van der Waals surface area contributed by atoms with Gasteiger partial charge in [0.15, 0.2) is 6.61 Å². The molecule has 0 radical (unpaired) electrons. The average Bonchev–Trinajstić information content (AvgIpc) is 2.65. The zero-order chi connectivity index (χ0) is 18.8. The number of aromatic nitrogens is 1. The van der Waals surface area contributed by atoms with Gasteiger partial charge in [0, 0.05) is 11.9 Å². The summed E-state index contributed by atoms with van der Waals surface area (Å²) in [6, 6.07) is 12.1. The number of hydrogen-bond donors (Lipinski definition) is 2. The molecule has 26 heavy (non-hydrogen) atoms. The van der Waals surface area contributed by atoms with Gasteiger partial charge in [0.05, 0.1) is 13.5 Å². The highest BCUT2D eigenvalue weighted by molar-refractivity contribution is 6.05. The van der Waals surface area contributed by atoms with Gasteiger partial charge in [-0.3, -0.25) is 9.59 Å². The molecule has 1 aromatic heterocycles. The smallest absolute Gasteiger partial charge is 0.277 e. The van der Waals surface area contributed by atoms with Gasteiger partial charge in [0.1, 0.15) is 17.3 Å². The first-order valence-electron chi connectivity index (χ1n) is 7.86. The molecule has 0 aliphatic carbocycles. The normalized spacial score (nSPS) is 10.8. The third kappa shape index (κ3) is 6.60. The number of anilines is 1. The van der Waals surface area contributed by atoms with Crippen LogP contribution in [-0.2, 0) is 9.59 Å². The van der Waals surface area contributed by atoms with E-state index in [1.807, 2.05) is 0 Å². The second kappa shape index (κ2) is 9.77. The van der Waals surface area contributed by atoms with Gasteiger partial charge < -0.3 is 14.8 Å². The molecule has 8 heteroatoms. The van der Waals surface area contributed by atoms with Crippen LogP contribution in [0, 0.1) is 0 Å². The summed E-state index contributed by atoms with van der Waals surface area (Å²) in [7, 11) is 1.57. The Hall–Kier alpha value is -3.42. The van der Waals surface area contributed by atoms with Gasteiger partial charge in [0.25, 0.3) is 5.91 Å². The number of benzene rings is 1. The molecular weight excluding hydrogens is 336 g/mol.